The molecular formula is C55H92O6. The van der Waals surface area contributed by atoms with Crippen LogP contribution in [0.2, 0.25) is 0 Å². The largest absolute Gasteiger partial charge is 0.462 e. The van der Waals surface area contributed by atoms with Crippen molar-refractivity contribution < 1.29 is 28.6 Å². The van der Waals surface area contributed by atoms with Crippen LogP contribution >= 0.6 is 0 Å². The van der Waals surface area contributed by atoms with Crippen LogP contribution in [0.1, 0.15) is 226 Å². The molecule has 0 N–H and O–H groups in total. The zero-order chi connectivity index (χ0) is 44.4. The number of carbonyl (C=O) groups is 3. The molecule has 0 aromatic heterocycles. The summed E-state index contributed by atoms with van der Waals surface area (Å²) in [5, 5.41) is 0. The third kappa shape index (κ3) is 47.5. The average molecular weight is 849 g/mol. The lowest BCUT2D eigenvalue weighted by Gasteiger charge is -2.18. The minimum absolute atomic E-state index is 0.0994. The Morgan fingerprint density at radius 3 is 1.11 bits per heavy atom. The molecule has 0 radical (unpaired) electrons. The molecule has 348 valence electrons. The van der Waals surface area contributed by atoms with Crippen LogP contribution in [0.4, 0.5) is 0 Å². The van der Waals surface area contributed by atoms with E-state index in [0.717, 1.165) is 77.0 Å². The van der Waals surface area contributed by atoms with E-state index in [1.54, 1.807) is 0 Å². The van der Waals surface area contributed by atoms with Gasteiger partial charge in [0.05, 0.1) is 0 Å². The van der Waals surface area contributed by atoms with Crippen LogP contribution < -0.4 is 0 Å². The number of unbranched alkanes of at least 4 members (excludes halogenated alkanes) is 23. The first-order valence-corrected chi connectivity index (χ1v) is 25.2. The number of esters is 3. The highest BCUT2D eigenvalue weighted by Crippen LogP contribution is 2.14. The summed E-state index contributed by atoms with van der Waals surface area (Å²) in [5.41, 5.74) is 0. The van der Waals surface area contributed by atoms with Crippen LogP contribution in [-0.2, 0) is 28.6 Å². The highest BCUT2D eigenvalue weighted by Gasteiger charge is 2.19. The Balaban J connectivity index is 4.45. The monoisotopic (exact) mass is 849 g/mol. The first-order valence-electron chi connectivity index (χ1n) is 25.2. The molecule has 0 fully saturated rings. The number of ether oxygens (including phenoxy) is 3. The average Bonchev–Trinajstić information content (AvgIpc) is 3.26. The zero-order valence-electron chi connectivity index (χ0n) is 39.7. The van der Waals surface area contributed by atoms with Gasteiger partial charge in [-0.15, -0.1) is 0 Å². The quantitative estimate of drug-likeness (QED) is 0.0200. The third-order valence-electron chi connectivity index (χ3n) is 10.5. The SMILES string of the molecule is CC\C=C/C=C\C=C/C=C\C=C/CCCCCC(=O)OC(COC(=O)CCCCCCC/C=C\CCCC)COC(=O)CCCCCCCCC/C=C\CCCCCCCC. The smallest absolute Gasteiger partial charge is 0.306 e. The van der Waals surface area contributed by atoms with E-state index in [4.69, 9.17) is 14.2 Å². The highest BCUT2D eigenvalue weighted by molar-refractivity contribution is 5.71. The Labute approximate surface area is 375 Å². The van der Waals surface area contributed by atoms with Crippen LogP contribution in [0.5, 0.6) is 0 Å². The van der Waals surface area contributed by atoms with Gasteiger partial charge in [-0.25, -0.2) is 0 Å². The number of allylic oxidation sites excluding steroid dienone is 14. The lowest BCUT2D eigenvalue weighted by molar-refractivity contribution is -0.167. The molecule has 0 aromatic rings. The Bertz CT molecular complexity index is 1200. The molecule has 0 spiro atoms. The fourth-order valence-corrected chi connectivity index (χ4v) is 6.67. The Morgan fingerprint density at radius 1 is 0.344 bits per heavy atom. The van der Waals surface area contributed by atoms with E-state index in [-0.39, 0.29) is 37.5 Å². The number of rotatable bonds is 44. The summed E-state index contributed by atoms with van der Waals surface area (Å²) in [7, 11) is 0. The Hall–Kier alpha value is -3.41. The summed E-state index contributed by atoms with van der Waals surface area (Å²) in [6.45, 7) is 6.40. The summed E-state index contributed by atoms with van der Waals surface area (Å²) in [6.07, 6.45) is 62.8. The van der Waals surface area contributed by atoms with Crippen LogP contribution in [0.25, 0.3) is 0 Å². The van der Waals surface area contributed by atoms with Crippen LogP contribution in [0, 0.1) is 0 Å². The maximum absolute atomic E-state index is 12.8. The van der Waals surface area contributed by atoms with E-state index in [9.17, 15) is 14.4 Å². The Morgan fingerprint density at radius 2 is 0.672 bits per heavy atom. The second-order valence-corrected chi connectivity index (χ2v) is 16.5. The molecule has 0 aliphatic rings. The molecule has 0 saturated carbocycles. The zero-order valence-corrected chi connectivity index (χ0v) is 39.7. The lowest BCUT2D eigenvalue weighted by atomic mass is 10.1. The van der Waals surface area contributed by atoms with Crippen molar-refractivity contribution >= 4 is 17.9 Å². The highest BCUT2D eigenvalue weighted by atomic mass is 16.6. The van der Waals surface area contributed by atoms with Crippen molar-refractivity contribution in [3.63, 3.8) is 0 Å². The molecule has 6 heteroatoms. The van der Waals surface area contributed by atoms with Crippen molar-refractivity contribution in [3.8, 4) is 0 Å². The van der Waals surface area contributed by atoms with Gasteiger partial charge in [-0.05, 0) is 83.5 Å². The normalized spacial score (nSPS) is 12.8. The minimum Gasteiger partial charge on any atom is -0.462 e. The summed E-state index contributed by atoms with van der Waals surface area (Å²) < 4.78 is 16.7. The molecule has 0 aliphatic carbocycles. The molecule has 0 aliphatic heterocycles. The molecule has 1 atom stereocenters. The topological polar surface area (TPSA) is 78.9 Å². The van der Waals surface area contributed by atoms with E-state index in [0.29, 0.717) is 19.3 Å². The Kier molecular flexibility index (Phi) is 46.5. The summed E-state index contributed by atoms with van der Waals surface area (Å²) in [6, 6.07) is 0. The molecule has 6 nitrogen and oxygen atoms in total. The summed E-state index contributed by atoms with van der Waals surface area (Å²) in [5.74, 6) is -0.958. The van der Waals surface area contributed by atoms with E-state index >= 15 is 0 Å². The van der Waals surface area contributed by atoms with Gasteiger partial charge in [-0.3, -0.25) is 14.4 Å². The second kappa shape index (κ2) is 49.2. The van der Waals surface area contributed by atoms with Crippen molar-refractivity contribution in [3.05, 3.63) is 85.1 Å². The van der Waals surface area contributed by atoms with Crippen LogP contribution in [-0.4, -0.2) is 37.2 Å². The van der Waals surface area contributed by atoms with Crippen LogP contribution in [0.3, 0.4) is 0 Å². The predicted octanol–water partition coefficient (Wildman–Crippen LogP) is 16.4. The number of hydrogen-bond donors (Lipinski definition) is 0. The lowest BCUT2D eigenvalue weighted by Crippen LogP contribution is -2.30. The van der Waals surface area contributed by atoms with Gasteiger partial charge in [0.2, 0.25) is 0 Å². The second-order valence-electron chi connectivity index (χ2n) is 16.5. The van der Waals surface area contributed by atoms with Gasteiger partial charge in [0.1, 0.15) is 13.2 Å². The standard InChI is InChI=1S/C55H92O6/c1-4-7-10-13-16-19-22-24-26-27-29-30-33-36-39-42-45-48-54(57)60-51-52(50-59-53(56)47-44-41-38-35-32-21-18-15-12-9-6-3)61-55(58)49-46-43-40-37-34-31-28-25-23-20-17-14-11-8-5-2/h8,11,14-15,17-18,20,23-26,28,31,34,52H,4-7,9-10,12-13,16,19,21-22,27,29-30,32-33,35-51H2,1-3H3/b11-8-,17-14-,18-15-,23-20-,26-24-,28-25-,34-31-. The molecular weight excluding hydrogens is 757 g/mol. The molecule has 61 heavy (non-hydrogen) atoms. The first-order chi connectivity index (χ1) is 30.0. The van der Waals surface area contributed by atoms with Crippen molar-refractivity contribution in [2.24, 2.45) is 0 Å². The molecule has 0 bridgehead atoms. The van der Waals surface area contributed by atoms with E-state index < -0.39 is 6.10 Å². The molecule has 0 rings (SSSR count). The third-order valence-corrected chi connectivity index (χ3v) is 10.5. The van der Waals surface area contributed by atoms with Gasteiger partial charge in [0, 0.05) is 19.3 Å². The molecule has 0 heterocycles. The van der Waals surface area contributed by atoms with Crippen molar-refractivity contribution in [2.45, 2.75) is 232 Å². The van der Waals surface area contributed by atoms with E-state index in [1.165, 1.54) is 103 Å². The molecule has 0 amide bonds. The van der Waals surface area contributed by atoms with Gasteiger partial charge < -0.3 is 14.2 Å². The fourth-order valence-electron chi connectivity index (χ4n) is 6.67. The fraction of sp³-hybridized carbons (Fsp3) is 0.691. The molecule has 0 aromatic carbocycles. The maximum Gasteiger partial charge on any atom is 0.306 e. The van der Waals surface area contributed by atoms with Gasteiger partial charge in [-0.1, -0.05) is 209 Å². The van der Waals surface area contributed by atoms with Crippen molar-refractivity contribution in [1.29, 1.82) is 0 Å². The van der Waals surface area contributed by atoms with Gasteiger partial charge in [0.15, 0.2) is 6.10 Å². The van der Waals surface area contributed by atoms with Crippen LogP contribution in [0.15, 0.2) is 85.1 Å². The summed E-state index contributed by atoms with van der Waals surface area (Å²) >= 11 is 0. The minimum atomic E-state index is -0.803. The number of hydrogen-bond acceptors (Lipinski definition) is 6. The predicted molar refractivity (Wildman–Crippen MR) is 261 cm³/mol. The maximum atomic E-state index is 12.8. The van der Waals surface area contributed by atoms with E-state index in [2.05, 4.69) is 57.2 Å². The number of carbonyl (C=O) groups excluding carboxylic acids is 3. The van der Waals surface area contributed by atoms with E-state index in [1.807, 2.05) is 48.6 Å². The first kappa shape index (κ1) is 57.6. The van der Waals surface area contributed by atoms with Gasteiger partial charge >= 0.3 is 17.9 Å². The van der Waals surface area contributed by atoms with Gasteiger partial charge in [0.25, 0.3) is 0 Å². The van der Waals surface area contributed by atoms with Gasteiger partial charge in [-0.2, -0.15) is 0 Å². The molecule has 1 unspecified atom stereocenters. The van der Waals surface area contributed by atoms with Crippen molar-refractivity contribution in [1.82, 2.24) is 0 Å². The van der Waals surface area contributed by atoms with Crippen molar-refractivity contribution in [2.75, 3.05) is 13.2 Å². The molecule has 0 saturated heterocycles. The summed E-state index contributed by atoms with van der Waals surface area (Å²) in [4.78, 5) is 37.9.